The minimum Gasteiger partial charge on any atom is -0.444 e. The molecule has 0 atom stereocenters. The normalized spacial score (nSPS) is 9.89. The highest BCUT2D eigenvalue weighted by molar-refractivity contribution is 7.16. The molecule has 2 rings (SSSR count). The van der Waals surface area contributed by atoms with Crippen LogP contribution in [-0.4, -0.2) is 17.6 Å². The van der Waals surface area contributed by atoms with Crippen molar-refractivity contribution >= 4 is 28.8 Å². The van der Waals surface area contributed by atoms with Gasteiger partial charge in [-0.25, -0.2) is 9.78 Å². The van der Waals surface area contributed by atoms with Crippen molar-refractivity contribution in [3.63, 3.8) is 0 Å². The van der Waals surface area contributed by atoms with Gasteiger partial charge in [0.1, 0.15) is 6.61 Å². The second kappa shape index (κ2) is 6.36. The van der Waals surface area contributed by atoms with E-state index in [2.05, 4.69) is 16.2 Å². The summed E-state index contributed by atoms with van der Waals surface area (Å²) in [6.45, 7) is 2.39. The monoisotopic (exact) mass is 292 g/mol. The van der Waals surface area contributed by atoms with E-state index in [1.807, 2.05) is 24.4 Å². The molecule has 0 radical (unpaired) electrons. The summed E-state index contributed by atoms with van der Waals surface area (Å²) in [5, 5.41) is 5.50. The van der Waals surface area contributed by atoms with Crippen molar-refractivity contribution < 1.29 is 9.53 Å². The second-order valence-corrected chi connectivity index (χ2v) is 5.88. The number of nitrogens with zero attached hydrogens (tertiary/aromatic N) is 1. The molecule has 0 unspecified atom stereocenters. The third-order valence-electron chi connectivity index (χ3n) is 2.21. The number of alkyl carbamates (subject to hydrolysis) is 1. The maximum Gasteiger partial charge on any atom is 0.408 e. The zero-order valence-corrected chi connectivity index (χ0v) is 11.9. The minimum atomic E-state index is -0.502. The molecule has 2 aromatic rings. The highest BCUT2D eigenvalue weighted by Crippen LogP contribution is 2.29. The fourth-order valence-corrected chi connectivity index (χ4v) is 2.95. The lowest BCUT2D eigenvalue weighted by molar-refractivity contribution is 0.142. The molecule has 0 spiro atoms. The van der Waals surface area contributed by atoms with Crippen molar-refractivity contribution in [2.45, 2.75) is 13.5 Å². The Bertz CT molecular complexity index is 610. The van der Waals surface area contributed by atoms with Crippen LogP contribution in [0.4, 0.5) is 4.79 Å². The van der Waals surface area contributed by atoms with Crippen molar-refractivity contribution in [3.05, 3.63) is 27.4 Å². The van der Waals surface area contributed by atoms with E-state index >= 15 is 0 Å². The van der Waals surface area contributed by atoms with Crippen LogP contribution in [0.3, 0.4) is 0 Å². The molecular formula is C13H12N2O2S2. The van der Waals surface area contributed by atoms with Gasteiger partial charge in [0.25, 0.3) is 0 Å². The summed E-state index contributed by atoms with van der Waals surface area (Å²) < 4.78 is 5.03. The number of amides is 1. The SMILES string of the molecule is C#CCNC(=O)OCc1ccc(-c2csc(C)n2)s1. The highest BCUT2D eigenvalue weighted by atomic mass is 32.1. The van der Waals surface area contributed by atoms with Crippen LogP contribution in [-0.2, 0) is 11.3 Å². The van der Waals surface area contributed by atoms with E-state index in [0.29, 0.717) is 0 Å². The van der Waals surface area contributed by atoms with Crippen LogP contribution >= 0.6 is 22.7 Å². The summed E-state index contributed by atoms with van der Waals surface area (Å²) in [4.78, 5) is 17.7. The number of rotatable bonds is 4. The Morgan fingerprint density at radius 1 is 1.58 bits per heavy atom. The zero-order valence-electron chi connectivity index (χ0n) is 10.3. The van der Waals surface area contributed by atoms with Crippen molar-refractivity contribution in [1.82, 2.24) is 10.3 Å². The molecule has 0 aromatic carbocycles. The van der Waals surface area contributed by atoms with Gasteiger partial charge in [0.2, 0.25) is 0 Å². The van der Waals surface area contributed by atoms with Gasteiger partial charge in [0, 0.05) is 10.3 Å². The molecule has 2 aromatic heterocycles. The molecule has 2 heterocycles. The molecule has 1 amide bonds. The van der Waals surface area contributed by atoms with Crippen molar-refractivity contribution in [2.75, 3.05) is 6.54 Å². The third-order valence-corrected chi connectivity index (χ3v) is 4.07. The zero-order chi connectivity index (χ0) is 13.7. The number of aryl methyl sites for hydroxylation is 1. The number of thiophene rings is 1. The van der Waals surface area contributed by atoms with Crippen LogP contribution in [0.2, 0.25) is 0 Å². The lowest BCUT2D eigenvalue weighted by atomic mass is 10.4. The van der Waals surface area contributed by atoms with E-state index < -0.39 is 6.09 Å². The molecule has 0 aliphatic heterocycles. The number of ether oxygens (including phenoxy) is 1. The summed E-state index contributed by atoms with van der Waals surface area (Å²) in [5.74, 6) is 2.31. The predicted molar refractivity (Wildman–Crippen MR) is 77.2 cm³/mol. The molecule has 0 bridgehead atoms. The number of hydrogen-bond donors (Lipinski definition) is 1. The van der Waals surface area contributed by atoms with Crippen molar-refractivity contribution in [1.29, 1.82) is 0 Å². The summed E-state index contributed by atoms with van der Waals surface area (Å²) in [6, 6.07) is 3.92. The standard InChI is InChI=1S/C13H12N2O2S2/c1-3-6-14-13(16)17-7-10-4-5-12(19-10)11-8-18-9(2)15-11/h1,4-5,8H,6-7H2,2H3,(H,14,16). The summed E-state index contributed by atoms with van der Waals surface area (Å²) >= 11 is 3.18. The molecule has 0 aliphatic carbocycles. The fourth-order valence-electron chi connectivity index (χ4n) is 1.38. The van der Waals surface area contributed by atoms with Gasteiger partial charge in [-0.3, -0.25) is 0 Å². The van der Waals surface area contributed by atoms with Crippen molar-refractivity contribution in [2.24, 2.45) is 0 Å². The van der Waals surface area contributed by atoms with E-state index in [9.17, 15) is 4.79 Å². The van der Waals surface area contributed by atoms with E-state index in [4.69, 9.17) is 11.2 Å². The van der Waals surface area contributed by atoms with Gasteiger partial charge in [-0.05, 0) is 19.1 Å². The Morgan fingerprint density at radius 3 is 3.11 bits per heavy atom. The number of carbonyl (C=O) groups is 1. The molecular weight excluding hydrogens is 280 g/mol. The number of terminal acetylenes is 1. The van der Waals surface area contributed by atoms with Crippen LogP contribution in [0, 0.1) is 19.3 Å². The molecule has 19 heavy (non-hydrogen) atoms. The van der Waals surface area contributed by atoms with Gasteiger partial charge in [-0.1, -0.05) is 5.92 Å². The molecule has 1 N–H and O–H groups in total. The maximum absolute atomic E-state index is 11.2. The van der Waals surface area contributed by atoms with Crippen molar-refractivity contribution in [3.8, 4) is 22.9 Å². The second-order valence-electron chi connectivity index (χ2n) is 3.65. The van der Waals surface area contributed by atoms with Gasteiger partial charge in [-0.2, -0.15) is 0 Å². The van der Waals surface area contributed by atoms with Gasteiger partial charge >= 0.3 is 6.09 Å². The fraction of sp³-hybridized carbons (Fsp3) is 0.231. The molecule has 98 valence electrons. The molecule has 0 saturated carbocycles. The van der Waals surface area contributed by atoms with Gasteiger partial charge in [-0.15, -0.1) is 29.1 Å². The third kappa shape index (κ3) is 3.81. The molecule has 0 aliphatic rings. The molecule has 0 fully saturated rings. The molecule has 0 saturated heterocycles. The van der Waals surface area contributed by atoms with Gasteiger partial charge in [0.15, 0.2) is 0 Å². The number of nitrogens with one attached hydrogen (secondary N) is 1. The Labute approximate surface area is 119 Å². The summed E-state index contributed by atoms with van der Waals surface area (Å²) in [6.07, 6.45) is 4.53. The lowest BCUT2D eigenvalue weighted by Crippen LogP contribution is -2.24. The van der Waals surface area contributed by atoms with E-state index in [1.54, 1.807) is 22.7 Å². The molecule has 4 nitrogen and oxygen atoms in total. The first kappa shape index (κ1) is 13.6. The summed E-state index contributed by atoms with van der Waals surface area (Å²) in [7, 11) is 0. The maximum atomic E-state index is 11.2. The Balaban J connectivity index is 1.91. The van der Waals surface area contributed by atoms with Crippen LogP contribution in [0.5, 0.6) is 0 Å². The number of hydrogen-bond acceptors (Lipinski definition) is 5. The van der Waals surface area contributed by atoms with Gasteiger partial charge < -0.3 is 10.1 Å². The van der Waals surface area contributed by atoms with E-state index in [-0.39, 0.29) is 13.2 Å². The van der Waals surface area contributed by atoms with Crippen LogP contribution in [0.1, 0.15) is 9.88 Å². The van der Waals surface area contributed by atoms with E-state index in [0.717, 1.165) is 20.5 Å². The smallest absolute Gasteiger partial charge is 0.408 e. The van der Waals surface area contributed by atoms with Gasteiger partial charge in [0.05, 0.1) is 22.1 Å². The lowest BCUT2D eigenvalue weighted by Gasteiger charge is -2.02. The highest BCUT2D eigenvalue weighted by Gasteiger charge is 2.07. The Hall–Kier alpha value is -1.84. The Morgan fingerprint density at radius 2 is 2.42 bits per heavy atom. The average molecular weight is 292 g/mol. The topological polar surface area (TPSA) is 51.2 Å². The number of carbonyl (C=O) groups excluding carboxylic acids is 1. The predicted octanol–water partition coefficient (Wildman–Crippen LogP) is 3.04. The number of thiazole rings is 1. The largest absolute Gasteiger partial charge is 0.444 e. The minimum absolute atomic E-state index is 0.173. The number of aromatic nitrogens is 1. The quantitative estimate of drug-likeness (QED) is 0.881. The first-order valence-electron chi connectivity index (χ1n) is 5.54. The van der Waals surface area contributed by atoms with Crippen LogP contribution in [0.25, 0.3) is 10.6 Å². The summed E-state index contributed by atoms with van der Waals surface area (Å²) in [5.41, 5.74) is 0.968. The molecule has 6 heteroatoms. The first-order valence-corrected chi connectivity index (χ1v) is 7.24. The Kier molecular flexibility index (Phi) is 4.55. The van der Waals surface area contributed by atoms with E-state index in [1.165, 1.54) is 0 Å². The van der Waals surface area contributed by atoms with Crippen LogP contribution < -0.4 is 5.32 Å². The van der Waals surface area contributed by atoms with Crippen LogP contribution in [0.15, 0.2) is 17.5 Å². The first-order chi connectivity index (χ1) is 9.19. The average Bonchev–Trinajstić information content (AvgIpc) is 3.02.